The van der Waals surface area contributed by atoms with Gasteiger partial charge in [-0.3, -0.25) is 4.79 Å². The highest BCUT2D eigenvalue weighted by atomic mass is 32.2. The van der Waals surface area contributed by atoms with E-state index in [-0.39, 0.29) is 0 Å². The second-order valence-electron chi connectivity index (χ2n) is 4.45. The van der Waals surface area contributed by atoms with Crippen molar-refractivity contribution in [3.63, 3.8) is 0 Å². The molecule has 0 saturated carbocycles. The van der Waals surface area contributed by atoms with Gasteiger partial charge in [0.1, 0.15) is 6.29 Å². The van der Waals surface area contributed by atoms with Crippen LogP contribution >= 0.6 is 11.8 Å². The molecule has 2 atom stereocenters. The molecule has 0 aromatic heterocycles. The molecule has 1 aliphatic rings. The van der Waals surface area contributed by atoms with Gasteiger partial charge in [0.2, 0.25) is 0 Å². The molecule has 1 fully saturated rings. The molecule has 1 N–H and O–H groups in total. The van der Waals surface area contributed by atoms with E-state index in [1.807, 2.05) is 30.8 Å². The Morgan fingerprint density at radius 1 is 1.44 bits per heavy atom. The van der Waals surface area contributed by atoms with Crippen LogP contribution in [0.1, 0.15) is 29.3 Å². The van der Waals surface area contributed by atoms with E-state index in [1.54, 1.807) is 12.1 Å². The monoisotopic (exact) mass is 236 g/mol. The van der Waals surface area contributed by atoms with Crippen molar-refractivity contribution < 1.29 is 9.90 Å². The third-order valence-electron chi connectivity index (χ3n) is 3.36. The topological polar surface area (TPSA) is 37.3 Å². The summed E-state index contributed by atoms with van der Waals surface area (Å²) in [5, 5.41) is 10.5. The van der Waals surface area contributed by atoms with Gasteiger partial charge in [-0.15, -0.1) is 0 Å². The summed E-state index contributed by atoms with van der Waals surface area (Å²) < 4.78 is 0. The molecular weight excluding hydrogens is 220 g/mol. The van der Waals surface area contributed by atoms with E-state index >= 15 is 0 Å². The number of hydrogen-bond donors (Lipinski definition) is 1. The zero-order valence-electron chi connectivity index (χ0n) is 9.35. The van der Waals surface area contributed by atoms with Gasteiger partial charge in [0.25, 0.3) is 0 Å². The largest absolute Gasteiger partial charge is 0.385 e. The van der Waals surface area contributed by atoms with Gasteiger partial charge in [-0.05, 0) is 30.4 Å². The van der Waals surface area contributed by atoms with Crippen LogP contribution in [-0.4, -0.2) is 22.9 Å². The maximum absolute atomic E-state index is 10.6. The van der Waals surface area contributed by atoms with E-state index in [0.29, 0.717) is 11.5 Å². The molecule has 1 aromatic carbocycles. The minimum absolute atomic E-state index is 0.319. The van der Waals surface area contributed by atoms with Crippen molar-refractivity contribution in [2.24, 2.45) is 5.92 Å². The standard InChI is InChI=1S/C13H16O2S/c1-13(15,12-6-7-16-9-12)11-4-2-10(8-14)3-5-11/h2-5,8,12,15H,6-7,9H2,1H3. The lowest BCUT2D eigenvalue weighted by Gasteiger charge is -2.30. The van der Waals surface area contributed by atoms with E-state index in [2.05, 4.69) is 0 Å². The molecule has 2 rings (SSSR count). The van der Waals surface area contributed by atoms with Crippen molar-refractivity contribution in [2.45, 2.75) is 18.9 Å². The maximum Gasteiger partial charge on any atom is 0.150 e. The number of rotatable bonds is 3. The Bertz CT molecular complexity index is 364. The average molecular weight is 236 g/mol. The van der Waals surface area contributed by atoms with Gasteiger partial charge in [0.05, 0.1) is 5.60 Å². The Kier molecular flexibility index (Phi) is 3.36. The lowest BCUT2D eigenvalue weighted by Crippen LogP contribution is -2.31. The Balaban J connectivity index is 2.23. The predicted molar refractivity (Wildman–Crippen MR) is 66.8 cm³/mol. The van der Waals surface area contributed by atoms with Crippen LogP contribution in [0, 0.1) is 5.92 Å². The quantitative estimate of drug-likeness (QED) is 0.819. The Hall–Kier alpha value is -0.800. The summed E-state index contributed by atoms with van der Waals surface area (Å²) >= 11 is 1.90. The van der Waals surface area contributed by atoms with Gasteiger partial charge in [-0.2, -0.15) is 11.8 Å². The minimum Gasteiger partial charge on any atom is -0.385 e. The molecule has 16 heavy (non-hydrogen) atoms. The maximum atomic E-state index is 10.6. The van der Waals surface area contributed by atoms with Gasteiger partial charge in [0.15, 0.2) is 0 Å². The smallest absolute Gasteiger partial charge is 0.150 e. The third kappa shape index (κ3) is 2.15. The van der Waals surface area contributed by atoms with Crippen LogP contribution in [0.5, 0.6) is 0 Å². The SMILES string of the molecule is CC(O)(c1ccc(C=O)cc1)C1CCSC1. The lowest BCUT2D eigenvalue weighted by molar-refractivity contribution is 0.00472. The van der Waals surface area contributed by atoms with Gasteiger partial charge in [-0.1, -0.05) is 24.3 Å². The van der Waals surface area contributed by atoms with Crippen molar-refractivity contribution in [1.29, 1.82) is 0 Å². The number of hydrogen-bond acceptors (Lipinski definition) is 3. The summed E-state index contributed by atoms with van der Waals surface area (Å²) in [6, 6.07) is 7.23. The van der Waals surface area contributed by atoms with Crippen molar-refractivity contribution >= 4 is 18.0 Å². The highest BCUT2D eigenvalue weighted by molar-refractivity contribution is 7.99. The van der Waals surface area contributed by atoms with Crippen molar-refractivity contribution in [3.05, 3.63) is 35.4 Å². The molecule has 0 spiro atoms. The number of thioether (sulfide) groups is 1. The van der Waals surface area contributed by atoms with E-state index in [0.717, 1.165) is 29.8 Å². The van der Waals surface area contributed by atoms with Crippen molar-refractivity contribution in [3.8, 4) is 0 Å². The molecule has 0 bridgehead atoms. The predicted octanol–water partition coefficient (Wildman–Crippen LogP) is 2.46. The van der Waals surface area contributed by atoms with Crippen LogP contribution < -0.4 is 0 Å². The lowest BCUT2D eigenvalue weighted by atomic mass is 9.82. The van der Waals surface area contributed by atoms with Gasteiger partial charge in [0, 0.05) is 11.5 Å². The molecular formula is C13H16O2S. The highest BCUT2D eigenvalue weighted by Gasteiger charge is 2.35. The molecule has 2 nitrogen and oxygen atoms in total. The molecule has 0 radical (unpaired) electrons. The van der Waals surface area contributed by atoms with Crippen LogP contribution in [-0.2, 0) is 5.60 Å². The molecule has 1 saturated heterocycles. The van der Waals surface area contributed by atoms with Gasteiger partial charge < -0.3 is 5.11 Å². The number of aldehydes is 1. The molecule has 86 valence electrons. The Morgan fingerprint density at radius 3 is 2.62 bits per heavy atom. The number of carbonyl (C=O) groups excluding carboxylic acids is 1. The van der Waals surface area contributed by atoms with Gasteiger partial charge >= 0.3 is 0 Å². The summed E-state index contributed by atoms with van der Waals surface area (Å²) in [5.41, 5.74) is 0.788. The van der Waals surface area contributed by atoms with Crippen LogP contribution in [0.15, 0.2) is 24.3 Å². The van der Waals surface area contributed by atoms with E-state index in [1.165, 1.54) is 0 Å². The first-order chi connectivity index (χ1) is 7.64. The van der Waals surface area contributed by atoms with Crippen LogP contribution in [0.25, 0.3) is 0 Å². The first-order valence-corrected chi connectivity index (χ1v) is 6.66. The summed E-state index contributed by atoms with van der Waals surface area (Å²) in [6.07, 6.45) is 1.89. The Labute approximate surface area is 100 Å². The second-order valence-corrected chi connectivity index (χ2v) is 5.60. The van der Waals surface area contributed by atoms with Crippen LogP contribution in [0.2, 0.25) is 0 Å². The van der Waals surface area contributed by atoms with E-state index in [4.69, 9.17) is 0 Å². The molecule has 1 aliphatic heterocycles. The normalized spacial score (nSPS) is 24.0. The first-order valence-electron chi connectivity index (χ1n) is 5.50. The molecule has 1 heterocycles. The average Bonchev–Trinajstić information content (AvgIpc) is 2.83. The first kappa shape index (κ1) is 11.7. The fourth-order valence-electron chi connectivity index (χ4n) is 2.11. The molecule has 3 heteroatoms. The number of aliphatic hydroxyl groups is 1. The molecule has 0 amide bonds. The fourth-order valence-corrected chi connectivity index (χ4v) is 3.51. The highest BCUT2D eigenvalue weighted by Crippen LogP contribution is 2.38. The summed E-state index contributed by atoms with van der Waals surface area (Å²) in [4.78, 5) is 10.6. The summed E-state index contributed by atoms with van der Waals surface area (Å²) in [5.74, 6) is 2.47. The summed E-state index contributed by atoms with van der Waals surface area (Å²) in [7, 11) is 0. The number of carbonyl (C=O) groups is 1. The molecule has 2 unspecified atom stereocenters. The van der Waals surface area contributed by atoms with E-state index < -0.39 is 5.60 Å². The molecule has 0 aliphatic carbocycles. The fraction of sp³-hybridized carbons (Fsp3) is 0.462. The zero-order valence-corrected chi connectivity index (χ0v) is 10.2. The second kappa shape index (κ2) is 4.60. The van der Waals surface area contributed by atoms with Gasteiger partial charge in [-0.25, -0.2) is 0 Å². The zero-order chi connectivity index (χ0) is 11.6. The third-order valence-corrected chi connectivity index (χ3v) is 4.52. The minimum atomic E-state index is -0.773. The molecule has 1 aromatic rings. The van der Waals surface area contributed by atoms with Crippen molar-refractivity contribution in [2.75, 3.05) is 11.5 Å². The van der Waals surface area contributed by atoms with Crippen LogP contribution in [0.4, 0.5) is 0 Å². The Morgan fingerprint density at radius 2 is 2.12 bits per heavy atom. The summed E-state index contributed by atoms with van der Waals surface area (Å²) in [6.45, 7) is 1.87. The van der Waals surface area contributed by atoms with E-state index in [9.17, 15) is 9.90 Å². The van der Waals surface area contributed by atoms with Crippen LogP contribution in [0.3, 0.4) is 0 Å². The van der Waals surface area contributed by atoms with Crippen molar-refractivity contribution in [1.82, 2.24) is 0 Å². The number of benzene rings is 1.